The lowest BCUT2D eigenvalue weighted by molar-refractivity contribution is 0.102. The van der Waals surface area contributed by atoms with Crippen molar-refractivity contribution >= 4 is 17.2 Å². The fraction of sp³-hybridized carbons (Fsp3) is 0.0800. The maximum atomic E-state index is 12.7. The van der Waals surface area contributed by atoms with Gasteiger partial charge in [0.05, 0.1) is 24.1 Å². The summed E-state index contributed by atoms with van der Waals surface area (Å²) in [5.74, 6) is 0.423. The van der Waals surface area contributed by atoms with Crippen LogP contribution in [-0.4, -0.2) is 25.1 Å². The maximum Gasteiger partial charge on any atom is 0.255 e. The van der Waals surface area contributed by atoms with Crippen LogP contribution >= 0.6 is 0 Å². The van der Waals surface area contributed by atoms with Crippen molar-refractivity contribution < 1.29 is 9.53 Å². The van der Waals surface area contributed by atoms with E-state index in [0.717, 1.165) is 16.9 Å². The summed E-state index contributed by atoms with van der Waals surface area (Å²) >= 11 is 0. The van der Waals surface area contributed by atoms with Crippen LogP contribution in [0.5, 0.6) is 5.75 Å². The number of amides is 1. The minimum absolute atomic E-state index is 0.220. The Morgan fingerprint density at radius 2 is 1.84 bits per heavy atom. The Bertz CT molecular complexity index is 1320. The van der Waals surface area contributed by atoms with Gasteiger partial charge in [0, 0.05) is 24.2 Å². The SMILES string of the molecule is O=C(Nc1cnn(Cc2cn3ccccc3n2)c1)c1cccc(OCc2ccccc2)c1. The number of benzene rings is 2. The molecule has 5 rings (SSSR count). The van der Waals surface area contributed by atoms with Crippen LogP contribution in [0.3, 0.4) is 0 Å². The molecular weight excluding hydrogens is 402 g/mol. The number of anilines is 1. The van der Waals surface area contributed by atoms with E-state index in [1.807, 2.05) is 77.5 Å². The number of nitrogens with one attached hydrogen (secondary N) is 1. The summed E-state index contributed by atoms with van der Waals surface area (Å²) in [7, 11) is 0. The number of aromatic nitrogens is 4. The molecule has 0 radical (unpaired) electrons. The quantitative estimate of drug-likeness (QED) is 0.421. The zero-order valence-corrected chi connectivity index (χ0v) is 17.3. The van der Waals surface area contributed by atoms with Gasteiger partial charge in [0.2, 0.25) is 0 Å². The summed E-state index contributed by atoms with van der Waals surface area (Å²) in [5, 5.41) is 7.23. The van der Waals surface area contributed by atoms with Gasteiger partial charge in [0.25, 0.3) is 5.91 Å². The molecule has 1 N–H and O–H groups in total. The number of nitrogens with zero attached hydrogens (tertiary/aromatic N) is 4. The van der Waals surface area contributed by atoms with E-state index in [-0.39, 0.29) is 5.91 Å². The van der Waals surface area contributed by atoms with Crippen molar-refractivity contribution in [2.45, 2.75) is 13.2 Å². The molecule has 158 valence electrons. The molecule has 0 spiro atoms. The molecule has 0 saturated carbocycles. The van der Waals surface area contributed by atoms with Crippen LogP contribution in [-0.2, 0) is 13.2 Å². The van der Waals surface area contributed by atoms with Gasteiger partial charge < -0.3 is 14.5 Å². The molecule has 0 aliphatic heterocycles. The second kappa shape index (κ2) is 8.77. The van der Waals surface area contributed by atoms with Crippen molar-refractivity contribution in [3.05, 3.63) is 114 Å². The number of rotatable bonds is 7. The smallest absolute Gasteiger partial charge is 0.255 e. The van der Waals surface area contributed by atoms with Gasteiger partial charge in [-0.1, -0.05) is 42.5 Å². The van der Waals surface area contributed by atoms with E-state index in [9.17, 15) is 4.79 Å². The highest BCUT2D eigenvalue weighted by Crippen LogP contribution is 2.17. The van der Waals surface area contributed by atoms with Crippen molar-refractivity contribution in [1.29, 1.82) is 0 Å². The summed E-state index contributed by atoms with van der Waals surface area (Å²) in [6, 6.07) is 22.9. The first kappa shape index (κ1) is 19.6. The van der Waals surface area contributed by atoms with Gasteiger partial charge in [-0.05, 0) is 35.9 Å². The number of hydrogen-bond acceptors (Lipinski definition) is 4. The third-order valence-electron chi connectivity index (χ3n) is 4.97. The molecule has 5 aromatic rings. The molecule has 32 heavy (non-hydrogen) atoms. The van der Waals surface area contributed by atoms with Crippen LogP contribution in [0.25, 0.3) is 5.65 Å². The van der Waals surface area contributed by atoms with E-state index in [4.69, 9.17) is 4.74 Å². The third-order valence-corrected chi connectivity index (χ3v) is 4.97. The van der Waals surface area contributed by atoms with E-state index < -0.39 is 0 Å². The lowest BCUT2D eigenvalue weighted by atomic mass is 10.2. The zero-order valence-electron chi connectivity index (χ0n) is 17.3. The van der Waals surface area contributed by atoms with E-state index >= 15 is 0 Å². The van der Waals surface area contributed by atoms with Crippen molar-refractivity contribution in [3.8, 4) is 5.75 Å². The van der Waals surface area contributed by atoms with E-state index in [0.29, 0.717) is 30.2 Å². The van der Waals surface area contributed by atoms with Crippen LogP contribution in [0.1, 0.15) is 21.6 Å². The number of hydrogen-bond donors (Lipinski definition) is 1. The Hall–Kier alpha value is -4.39. The van der Waals surface area contributed by atoms with Crippen LogP contribution in [0.15, 0.2) is 97.6 Å². The molecule has 2 aromatic carbocycles. The lowest BCUT2D eigenvalue weighted by Crippen LogP contribution is -2.11. The molecule has 7 heteroatoms. The molecule has 0 unspecified atom stereocenters. The lowest BCUT2D eigenvalue weighted by Gasteiger charge is -2.08. The van der Waals surface area contributed by atoms with Gasteiger partial charge >= 0.3 is 0 Å². The van der Waals surface area contributed by atoms with Gasteiger partial charge in [-0.25, -0.2) is 4.98 Å². The molecular formula is C25H21N5O2. The highest BCUT2D eigenvalue weighted by Gasteiger charge is 2.10. The minimum atomic E-state index is -0.220. The van der Waals surface area contributed by atoms with Gasteiger partial charge in [0.1, 0.15) is 18.0 Å². The number of carbonyl (C=O) groups excluding carboxylic acids is 1. The fourth-order valence-electron chi connectivity index (χ4n) is 3.42. The molecule has 3 heterocycles. The number of imidazole rings is 1. The van der Waals surface area contributed by atoms with E-state index in [1.165, 1.54) is 0 Å². The molecule has 3 aromatic heterocycles. The van der Waals surface area contributed by atoms with Gasteiger partial charge in [-0.15, -0.1) is 0 Å². The largest absolute Gasteiger partial charge is 0.489 e. The number of fused-ring (bicyclic) bond motifs is 1. The van der Waals surface area contributed by atoms with Crippen molar-refractivity contribution in [1.82, 2.24) is 19.2 Å². The van der Waals surface area contributed by atoms with E-state index in [1.54, 1.807) is 29.2 Å². The Balaban J connectivity index is 1.22. The summed E-state index contributed by atoms with van der Waals surface area (Å²) in [6.07, 6.45) is 7.34. The van der Waals surface area contributed by atoms with Gasteiger partial charge in [0.15, 0.2) is 0 Å². The molecule has 1 amide bonds. The van der Waals surface area contributed by atoms with Crippen LogP contribution in [0.2, 0.25) is 0 Å². The Morgan fingerprint density at radius 1 is 0.969 bits per heavy atom. The second-order valence-corrected chi connectivity index (χ2v) is 7.38. The van der Waals surface area contributed by atoms with E-state index in [2.05, 4.69) is 15.4 Å². The highest BCUT2D eigenvalue weighted by atomic mass is 16.5. The normalized spacial score (nSPS) is 10.9. The summed E-state index contributed by atoms with van der Waals surface area (Å²) < 4.78 is 9.54. The van der Waals surface area contributed by atoms with Crippen LogP contribution in [0, 0.1) is 0 Å². The summed E-state index contributed by atoms with van der Waals surface area (Å²) in [4.78, 5) is 17.3. The maximum absolute atomic E-state index is 12.7. The molecule has 0 bridgehead atoms. The van der Waals surface area contributed by atoms with Crippen molar-refractivity contribution in [2.75, 3.05) is 5.32 Å². The standard InChI is InChI=1S/C25H21N5O2/c31-25(20-9-6-10-23(13-20)32-18-19-7-2-1-3-8-19)28-21-14-26-30(16-21)17-22-15-29-12-5-4-11-24(29)27-22/h1-16H,17-18H2,(H,28,31). The van der Waals surface area contributed by atoms with Crippen molar-refractivity contribution in [3.63, 3.8) is 0 Å². The molecule has 0 fully saturated rings. The second-order valence-electron chi connectivity index (χ2n) is 7.38. The third kappa shape index (κ3) is 4.52. The van der Waals surface area contributed by atoms with Crippen molar-refractivity contribution in [2.24, 2.45) is 0 Å². The molecule has 7 nitrogen and oxygen atoms in total. The first-order valence-corrected chi connectivity index (χ1v) is 10.3. The monoisotopic (exact) mass is 423 g/mol. The van der Waals surface area contributed by atoms with Crippen LogP contribution < -0.4 is 10.1 Å². The topological polar surface area (TPSA) is 73.5 Å². The Morgan fingerprint density at radius 3 is 2.72 bits per heavy atom. The Labute approximate surface area is 184 Å². The molecule has 0 aliphatic rings. The zero-order chi connectivity index (χ0) is 21.8. The predicted octanol–water partition coefficient (Wildman–Crippen LogP) is 4.41. The molecule has 0 atom stereocenters. The first-order chi connectivity index (χ1) is 15.7. The molecule has 0 aliphatic carbocycles. The Kier molecular flexibility index (Phi) is 5.36. The van der Waals surface area contributed by atoms with Gasteiger partial charge in [-0.3, -0.25) is 9.48 Å². The molecule has 0 saturated heterocycles. The number of pyridine rings is 1. The van der Waals surface area contributed by atoms with Gasteiger partial charge in [-0.2, -0.15) is 5.10 Å². The average molecular weight is 423 g/mol. The minimum Gasteiger partial charge on any atom is -0.489 e. The number of ether oxygens (including phenoxy) is 1. The first-order valence-electron chi connectivity index (χ1n) is 10.3. The fourth-order valence-corrected chi connectivity index (χ4v) is 3.42. The summed E-state index contributed by atoms with van der Waals surface area (Å²) in [6.45, 7) is 0.960. The average Bonchev–Trinajstić information content (AvgIpc) is 3.44. The predicted molar refractivity (Wildman–Crippen MR) is 122 cm³/mol. The summed E-state index contributed by atoms with van der Waals surface area (Å²) in [5.41, 5.74) is 3.98. The van der Waals surface area contributed by atoms with Crippen LogP contribution in [0.4, 0.5) is 5.69 Å². The number of carbonyl (C=O) groups is 1. The highest BCUT2D eigenvalue weighted by molar-refractivity contribution is 6.04.